The number of imidazole rings is 1. The fourth-order valence-electron chi connectivity index (χ4n) is 3.45. The van der Waals surface area contributed by atoms with Gasteiger partial charge in [-0.25, -0.2) is 23.1 Å². The van der Waals surface area contributed by atoms with E-state index in [0.29, 0.717) is 16.9 Å². The van der Waals surface area contributed by atoms with Gasteiger partial charge in [0.15, 0.2) is 11.8 Å². The predicted octanol–water partition coefficient (Wildman–Crippen LogP) is 2.98. The standard InChI is InChI=1S/C19H24F5N5O3/c1-11(32-12(2)19(22,23)24)4-14-7-29-16(27-14)5-13(6-26-29)15(8-31-3)28-10-18(20,21)9-25-17(28)30/h5-7,11-12,15H,4,8-10H2,1-3H3,(H,25,30)/t11-,12-,15-/m1/s1. The lowest BCUT2D eigenvalue weighted by atomic mass is 10.1. The molecule has 0 aromatic carbocycles. The molecule has 1 fully saturated rings. The second-order valence-electron chi connectivity index (χ2n) is 7.77. The first-order valence-electron chi connectivity index (χ1n) is 9.87. The molecule has 1 aliphatic rings. The van der Waals surface area contributed by atoms with Crippen LogP contribution in [0.25, 0.3) is 5.65 Å². The molecule has 3 rings (SSSR count). The van der Waals surface area contributed by atoms with E-state index in [0.717, 1.165) is 11.8 Å². The van der Waals surface area contributed by atoms with Crippen LogP contribution in [0, 0.1) is 0 Å². The van der Waals surface area contributed by atoms with E-state index in [1.165, 1.54) is 24.7 Å². The van der Waals surface area contributed by atoms with Crippen LogP contribution in [0.15, 0.2) is 18.5 Å². The van der Waals surface area contributed by atoms with Gasteiger partial charge in [-0.3, -0.25) is 0 Å². The summed E-state index contributed by atoms with van der Waals surface area (Å²) in [6, 6.07) is 0.0923. The lowest BCUT2D eigenvalue weighted by Crippen LogP contribution is -2.58. The van der Waals surface area contributed by atoms with E-state index in [2.05, 4.69) is 15.4 Å². The largest absolute Gasteiger partial charge is 0.414 e. The van der Waals surface area contributed by atoms with E-state index < -0.39 is 49.5 Å². The molecule has 8 nitrogen and oxygen atoms in total. The number of hydrogen-bond acceptors (Lipinski definition) is 5. The number of alkyl halides is 5. The van der Waals surface area contributed by atoms with Gasteiger partial charge in [0.1, 0.15) is 0 Å². The molecule has 2 aromatic rings. The Hall–Kier alpha value is -2.54. The molecule has 0 radical (unpaired) electrons. The molecule has 2 amide bonds. The fraction of sp³-hybridized carbons (Fsp3) is 0.632. The van der Waals surface area contributed by atoms with Crippen molar-refractivity contribution in [3.05, 3.63) is 29.7 Å². The summed E-state index contributed by atoms with van der Waals surface area (Å²) in [6.45, 7) is 0.883. The maximum atomic E-state index is 13.9. The number of carbonyl (C=O) groups is 1. The van der Waals surface area contributed by atoms with Crippen LogP contribution in [0.3, 0.4) is 0 Å². The maximum Gasteiger partial charge on any atom is 0.414 e. The highest BCUT2D eigenvalue weighted by Crippen LogP contribution is 2.28. The van der Waals surface area contributed by atoms with Gasteiger partial charge in [-0.05, 0) is 19.9 Å². The van der Waals surface area contributed by atoms with Crippen LogP contribution in [0.4, 0.5) is 26.7 Å². The molecule has 3 atom stereocenters. The summed E-state index contributed by atoms with van der Waals surface area (Å²) < 4.78 is 77.3. The minimum absolute atomic E-state index is 0.0465. The highest BCUT2D eigenvalue weighted by Gasteiger charge is 2.42. The lowest BCUT2D eigenvalue weighted by molar-refractivity contribution is -0.224. The van der Waals surface area contributed by atoms with Crippen molar-refractivity contribution in [1.82, 2.24) is 24.8 Å². The molecule has 13 heteroatoms. The molecule has 0 spiro atoms. The van der Waals surface area contributed by atoms with Gasteiger partial charge in [0.2, 0.25) is 0 Å². The van der Waals surface area contributed by atoms with Crippen molar-refractivity contribution in [3.8, 4) is 0 Å². The zero-order valence-corrected chi connectivity index (χ0v) is 17.7. The zero-order chi connectivity index (χ0) is 23.7. The van der Waals surface area contributed by atoms with Crippen molar-refractivity contribution >= 4 is 11.7 Å². The van der Waals surface area contributed by atoms with Crippen LogP contribution in [-0.4, -0.2) is 76.6 Å². The summed E-state index contributed by atoms with van der Waals surface area (Å²) >= 11 is 0. The maximum absolute atomic E-state index is 13.9. The third-order valence-corrected chi connectivity index (χ3v) is 5.03. The van der Waals surface area contributed by atoms with Gasteiger partial charge in [0.05, 0.1) is 49.9 Å². The Bertz CT molecular complexity index is 951. The Labute approximate surface area is 180 Å². The van der Waals surface area contributed by atoms with Crippen LogP contribution in [0.1, 0.15) is 31.1 Å². The van der Waals surface area contributed by atoms with E-state index in [4.69, 9.17) is 9.47 Å². The van der Waals surface area contributed by atoms with Crippen molar-refractivity contribution in [1.29, 1.82) is 0 Å². The van der Waals surface area contributed by atoms with E-state index >= 15 is 0 Å². The second kappa shape index (κ2) is 9.14. The van der Waals surface area contributed by atoms with Gasteiger partial charge in [-0.15, -0.1) is 0 Å². The van der Waals surface area contributed by atoms with Gasteiger partial charge >= 0.3 is 12.2 Å². The Morgan fingerprint density at radius 1 is 1.31 bits per heavy atom. The van der Waals surface area contributed by atoms with Crippen molar-refractivity contribution < 1.29 is 36.2 Å². The quantitative estimate of drug-likeness (QED) is 0.607. The number of hydrogen-bond donors (Lipinski definition) is 1. The summed E-state index contributed by atoms with van der Waals surface area (Å²) in [5.74, 6) is -3.10. The molecule has 3 heterocycles. The van der Waals surface area contributed by atoms with Gasteiger partial charge in [0.25, 0.3) is 5.92 Å². The first-order chi connectivity index (χ1) is 14.9. The number of rotatable bonds is 8. The smallest absolute Gasteiger partial charge is 0.382 e. The Kier molecular flexibility index (Phi) is 6.89. The monoisotopic (exact) mass is 465 g/mol. The topological polar surface area (TPSA) is 81.0 Å². The first kappa shape index (κ1) is 24.1. The number of nitrogens with zero attached hydrogens (tertiary/aromatic N) is 4. The molecule has 32 heavy (non-hydrogen) atoms. The highest BCUT2D eigenvalue weighted by atomic mass is 19.4. The first-order valence-corrected chi connectivity index (χ1v) is 9.87. The van der Waals surface area contributed by atoms with Gasteiger partial charge < -0.3 is 19.7 Å². The van der Waals surface area contributed by atoms with Crippen LogP contribution < -0.4 is 5.32 Å². The van der Waals surface area contributed by atoms with E-state index in [-0.39, 0.29) is 13.0 Å². The van der Waals surface area contributed by atoms with Crippen molar-refractivity contribution in [2.75, 3.05) is 26.8 Å². The molecule has 1 aliphatic heterocycles. The van der Waals surface area contributed by atoms with Gasteiger partial charge in [-0.1, -0.05) is 0 Å². The minimum atomic E-state index is -4.46. The SMILES string of the molecule is COC[C@H](c1cnn2cc(C[C@@H](C)O[C@H](C)C(F)(F)F)nc2c1)N1CC(F)(F)CNC1=O. The number of nitrogens with one attached hydrogen (secondary N) is 1. The number of fused-ring (bicyclic) bond motifs is 1. The van der Waals surface area contributed by atoms with Crippen molar-refractivity contribution in [3.63, 3.8) is 0 Å². The fourth-order valence-corrected chi connectivity index (χ4v) is 3.45. The summed E-state index contributed by atoms with van der Waals surface area (Å²) in [5, 5.41) is 6.37. The number of urea groups is 1. The Balaban J connectivity index is 1.80. The average molecular weight is 465 g/mol. The van der Waals surface area contributed by atoms with Crippen LogP contribution >= 0.6 is 0 Å². The van der Waals surface area contributed by atoms with Crippen LogP contribution in [0.2, 0.25) is 0 Å². The van der Waals surface area contributed by atoms with E-state index in [1.54, 1.807) is 12.3 Å². The number of halogens is 5. The summed E-state index contributed by atoms with van der Waals surface area (Å²) in [6.07, 6.45) is -4.06. The molecular weight excluding hydrogens is 441 g/mol. The number of amides is 2. The van der Waals surface area contributed by atoms with Gasteiger partial charge in [0, 0.05) is 19.1 Å². The molecule has 0 unspecified atom stereocenters. The molecular formula is C19H24F5N5O3. The third-order valence-electron chi connectivity index (χ3n) is 5.03. The summed E-state index contributed by atoms with van der Waals surface area (Å²) in [7, 11) is 1.38. The summed E-state index contributed by atoms with van der Waals surface area (Å²) in [5.41, 5.74) is 1.22. The molecule has 1 saturated heterocycles. The molecule has 0 aliphatic carbocycles. The van der Waals surface area contributed by atoms with Crippen LogP contribution in [0.5, 0.6) is 0 Å². The molecule has 0 saturated carbocycles. The molecule has 1 N–H and O–H groups in total. The van der Waals surface area contributed by atoms with Gasteiger partial charge in [-0.2, -0.15) is 18.3 Å². The van der Waals surface area contributed by atoms with Crippen LogP contribution in [-0.2, 0) is 15.9 Å². The third kappa shape index (κ3) is 5.63. The Morgan fingerprint density at radius 3 is 2.69 bits per heavy atom. The average Bonchev–Trinajstić information content (AvgIpc) is 3.08. The second-order valence-corrected chi connectivity index (χ2v) is 7.77. The number of carbonyl (C=O) groups excluding carboxylic acids is 1. The van der Waals surface area contributed by atoms with E-state index in [1.807, 2.05) is 0 Å². The molecule has 2 aromatic heterocycles. The number of aromatic nitrogens is 3. The van der Waals surface area contributed by atoms with Crippen molar-refractivity contribution in [2.24, 2.45) is 0 Å². The lowest BCUT2D eigenvalue weighted by Gasteiger charge is -2.38. The zero-order valence-electron chi connectivity index (χ0n) is 17.7. The molecule has 178 valence electrons. The molecule has 0 bridgehead atoms. The van der Waals surface area contributed by atoms with Crippen molar-refractivity contribution in [2.45, 2.75) is 50.6 Å². The number of methoxy groups -OCH3 is 1. The minimum Gasteiger partial charge on any atom is -0.382 e. The number of ether oxygens (including phenoxy) is 2. The highest BCUT2D eigenvalue weighted by molar-refractivity contribution is 5.76. The van der Waals surface area contributed by atoms with E-state index in [9.17, 15) is 26.7 Å². The summed E-state index contributed by atoms with van der Waals surface area (Å²) in [4.78, 5) is 17.5. The normalized spacial score (nSPS) is 19.6. The Morgan fingerprint density at radius 2 is 2.03 bits per heavy atom. The predicted molar refractivity (Wildman–Crippen MR) is 102 cm³/mol.